The highest BCUT2D eigenvalue weighted by molar-refractivity contribution is 7.89. The van der Waals surface area contributed by atoms with Crippen molar-refractivity contribution in [3.8, 4) is 0 Å². The third-order valence-corrected chi connectivity index (χ3v) is 6.53. The Morgan fingerprint density at radius 2 is 1.62 bits per heavy atom. The van der Waals surface area contributed by atoms with Crippen molar-refractivity contribution in [3.05, 3.63) is 101 Å². The molecular formula is C24H20FN3O5S. The van der Waals surface area contributed by atoms with Gasteiger partial charge in [-0.25, -0.2) is 17.5 Å². The Morgan fingerprint density at radius 3 is 2.35 bits per heavy atom. The number of carbonyl (C=O) groups excluding carboxylic acids is 2. The van der Waals surface area contributed by atoms with Gasteiger partial charge in [0, 0.05) is 23.1 Å². The molecule has 0 unspecified atom stereocenters. The van der Waals surface area contributed by atoms with E-state index in [1.54, 1.807) is 37.3 Å². The molecule has 8 nitrogen and oxygen atoms in total. The molecule has 0 aliphatic heterocycles. The van der Waals surface area contributed by atoms with E-state index in [2.05, 4.69) is 15.6 Å². The Hall–Kier alpha value is -4.02. The smallest absolute Gasteiger partial charge is 0.305 e. The number of hydrogen-bond acceptors (Lipinski definition) is 5. The van der Waals surface area contributed by atoms with Crippen molar-refractivity contribution in [2.24, 2.45) is 0 Å². The van der Waals surface area contributed by atoms with Crippen LogP contribution in [0.4, 0.5) is 4.39 Å². The standard InChI is InChI=1S/C24H20FN3O5S/c1-15-19-11-6-12-20(25)22(19)33-21(15)24(30)28-27-23(29)17-9-5-10-18(13-17)34(31,32)26-14-16-7-3-2-4-8-16/h2-13,26H,14H2,1H3,(H,27,29)(H,28,30). The van der Waals surface area contributed by atoms with Crippen LogP contribution in [0.3, 0.4) is 0 Å². The first kappa shape index (κ1) is 23.1. The minimum absolute atomic E-state index is 0.00950. The number of benzene rings is 3. The summed E-state index contributed by atoms with van der Waals surface area (Å²) in [5.74, 6) is -2.28. The third-order valence-electron chi connectivity index (χ3n) is 5.13. The van der Waals surface area contributed by atoms with Crippen LogP contribution in [0.1, 0.15) is 32.0 Å². The number of amides is 2. The molecule has 1 aromatic heterocycles. The van der Waals surface area contributed by atoms with Crippen molar-refractivity contribution in [2.45, 2.75) is 18.4 Å². The number of hydrazine groups is 1. The van der Waals surface area contributed by atoms with Crippen molar-refractivity contribution >= 4 is 32.8 Å². The molecule has 0 radical (unpaired) electrons. The summed E-state index contributed by atoms with van der Waals surface area (Å²) in [7, 11) is -3.88. The van der Waals surface area contributed by atoms with E-state index in [0.717, 1.165) is 5.56 Å². The van der Waals surface area contributed by atoms with E-state index >= 15 is 0 Å². The minimum Gasteiger partial charge on any atom is -0.447 e. The fourth-order valence-corrected chi connectivity index (χ4v) is 4.39. The molecule has 174 valence electrons. The summed E-state index contributed by atoms with van der Waals surface area (Å²) < 4.78 is 47.0. The first-order chi connectivity index (χ1) is 16.3. The van der Waals surface area contributed by atoms with Gasteiger partial charge in [-0.15, -0.1) is 0 Å². The largest absolute Gasteiger partial charge is 0.447 e. The van der Waals surface area contributed by atoms with E-state index in [1.807, 2.05) is 6.07 Å². The molecule has 34 heavy (non-hydrogen) atoms. The third kappa shape index (κ3) is 4.82. The zero-order valence-electron chi connectivity index (χ0n) is 18.0. The molecule has 2 amide bonds. The highest BCUT2D eigenvalue weighted by Crippen LogP contribution is 2.27. The summed E-state index contributed by atoms with van der Waals surface area (Å²) in [5.41, 5.74) is 5.56. The van der Waals surface area contributed by atoms with Crippen LogP contribution in [0.2, 0.25) is 0 Å². The number of fused-ring (bicyclic) bond motifs is 1. The zero-order chi connectivity index (χ0) is 24.3. The number of hydrogen-bond donors (Lipinski definition) is 3. The maximum absolute atomic E-state index is 13.9. The van der Waals surface area contributed by atoms with Crippen molar-refractivity contribution in [2.75, 3.05) is 0 Å². The highest BCUT2D eigenvalue weighted by atomic mass is 32.2. The van der Waals surface area contributed by atoms with Crippen molar-refractivity contribution in [1.82, 2.24) is 15.6 Å². The van der Waals surface area contributed by atoms with Crippen LogP contribution in [-0.4, -0.2) is 20.2 Å². The number of rotatable bonds is 6. The average Bonchev–Trinajstić information content (AvgIpc) is 3.19. The molecule has 1 heterocycles. The van der Waals surface area contributed by atoms with Crippen LogP contribution in [0.15, 0.2) is 82.1 Å². The lowest BCUT2D eigenvalue weighted by molar-refractivity contribution is 0.0831. The Bertz CT molecular complexity index is 1480. The highest BCUT2D eigenvalue weighted by Gasteiger charge is 2.21. The average molecular weight is 482 g/mol. The molecule has 0 aliphatic rings. The fourth-order valence-electron chi connectivity index (χ4n) is 3.33. The first-order valence-electron chi connectivity index (χ1n) is 10.2. The lowest BCUT2D eigenvalue weighted by Crippen LogP contribution is -2.41. The SMILES string of the molecule is Cc1c(C(=O)NNC(=O)c2cccc(S(=O)(=O)NCc3ccccc3)c2)oc2c(F)cccc12. The van der Waals surface area contributed by atoms with Gasteiger partial charge in [-0.3, -0.25) is 20.4 Å². The van der Waals surface area contributed by atoms with Crippen molar-refractivity contribution in [3.63, 3.8) is 0 Å². The van der Waals surface area contributed by atoms with Gasteiger partial charge in [0.05, 0.1) is 4.90 Å². The molecule has 4 aromatic rings. The van der Waals surface area contributed by atoms with Crippen molar-refractivity contribution in [1.29, 1.82) is 0 Å². The van der Waals surface area contributed by atoms with Crippen LogP contribution in [0, 0.1) is 12.7 Å². The molecule has 0 saturated heterocycles. The second-order valence-electron chi connectivity index (χ2n) is 7.42. The number of nitrogens with one attached hydrogen (secondary N) is 3. The van der Waals surface area contributed by atoms with Crippen molar-refractivity contribution < 1.29 is 26.8 Å². The second kappa shape index (κ2) is 9.46. The molecule has 10 heteroatoms. The molecule has 0 saturated carbocycles. The van der Waals surface area contributed by atoms with Crippen LogP contribution >= 0.6 is 0 Å². The van der Waals surface area contributed by atoms with Gasteiger partial charge in [-0.2, -0.15) is 0 Å². The molecule has 3 aromatic carbocycles. The maximum Gasteiger partial charge on any atom is 0.305 e. The number of para-hydroxylation sites is 1. The van der Waals surface area contributed by atoms with Gasteiger partial charge in [-0.05, 0) is 36.8 Å². The van der Waals surface area contributed by atoms with Gasteiger partial charge in [0.2, 0.25) is 10.0 Å². The Balaban J connectivity index is 1.44. The van der Waals surface area contributed by atoms with E-state index in [0.29, 0.717) is 10.9 Å². The van der Waals surface area contributed by atoms with E-state index < -0.39 is 27.7 Å². The van der Waals surface area contributed by atoms with Gasteiger partial charge in [0.15, 0.2) is 17.2 Å². The van der Waals surface area contributed by atoms with E-state index in [9.17, 15) is 22.4 Å². The van der Waals surface area contributed by atoms with Gasteiger partial charge < -0.3 is 4.42 Å². The van der Waals surface area contributed by atoms with E-state index in [-0.39, 0.29) is 28.3 Å². The van der Waals surface area contributed by atoms with E-state index in [1.165, 1.54) is 36.4 Å². The summed E-state index contributed by atoms with van der Waals surface area (Å²) in [6.45, 7) is 1.69. The summed E-state index contributed by atoms with van der Waals surface area (Å²) in [5, 5.41) is 0.442. The molecule has 0 spiro atoms. The van der Waals surface area contributed by atoms with Crippen LogP contribution in [0.25, 0.3) is 11.0 Å². The monoisotopic (exact) mass is 481 g/mol. The molecule has 0 aliphatic carbocycles. The lowest BCUT2D eigenvalue weighted by atomic mass is 10.1. The topological polar surface area (TPSA) is 118 Å². The number of halogens is 1. The zero-order valence-corrected chi connectivity index (χ0v) is 18.8. The van der Waals surface area contributed by atoms with Gasteiger partial charge in [0.1, 0.15) is 0 Å². The number of sulfonamides is 1. The normalized spacial score (nSPS) is 11.4. The molecule has 0 fully saturated rings. The summed E-state index contributed by atoms with van der Waals surface area (Å²) in [6.07, 6.45) is 0. The maximum atomic E-state index is 13.9. The molecule has 0 atom stereocenters. The summed E-state index contributed by atoms with van der Waals surface area (Å²) in [6, 6.07) is 18.7. The van der Waals surface area contributed by atoms with E-state index in [4.69, 9.17) is 4.42 Å². The predicted octanol–water partition coefficient (Wildman–Crippen LogP) is 3.43. The summed E-state index contributed by atoms with van der Waals surface area (Å²) >= 11 is 0. The Kier molecular flexibility index (Phi) is 6.44. The molecular weight excluding hydrogens is 461 g/mol. The fraction of sp³-hybridized carbons (Fsp3) is 0.0833. The quantitative estimate of drug-likeness (QED) is 0.365. The minimum atomic E-state index is -3.88. The molecule has 4 rings (SSSR count). The Morgan fingerprint density at radius 1 is 0.912 bits per heavy atom. The summed E-state index contributed by atoms with van der Waals surface area (Å²) in [4.78, 5) is 24.9. The van der Waals surface area contributed by atoms with Gasteiger partial charge in [-0.1, -0.05) is 48.5 Å². The first-order valence-corrected chi connectivity index (χ1v) is 11.7. The van der Waals surface area contributed by atoms with Crippen LogP contribution < -0.4 is 15.6 Å². The second-order valence-corrected chi connectivity index (χ2v) is 9.19. The van der Waals surface area contributed by atoms with Crippen LogP contribution in [0.5, 0.6) is 0 Å². The Labute approximate surface area is 194 Å². The predicted molar refractivity (Wildman–Crippen MR) is 123 cm³/mol. The number of aryl methyl sites for hydroxylation is 1. The lowest BCUT2D eigenvalue weighted by Gasteiger charge is -2.10. The van der Waals surface area contributed by atoms with Gasteiger partial charge in [0.25, 0.3) is 5.91 Å². The molecule has 3 N–H and O–H groups in total. The number of carbonyl (C=O) groups is 2. The number of furan rings is 1. The van der Waals surface area contributed by atoms with Crippen LogP contribution in [-0.2, 0) is 16.6 Å². The molecule has 0 bridgehead atoms. The van der Waals surface area contributed by atoms with Gasteiger partial charge >= 0.3 is 5.91 Å².